The fourth-order valence-electron chi connectivity index (χ4n) is 4.22. The molecule has 3 heteroatoms. The van der Waals surface area contributed by atoms with Crippen LogP contribution in [0, 0.1) is 5.41 Å². The molecule has 19 heavy (non-hydrogen) atoms. The Labute approximate surface area is 118 Å². The second-order valence-electron chi connectivity index (χ2n) is 7.76. The van der Waals surface area contributed by atoms with E-state index < -0.39 is 0 Å². The Kier molecular flexibility index (Phi) is 3.65. The number of hydrogen-bond acceptors (Lipinski definition) is 3. The highest BCUT2D eigenvalue weighted by atomic mass is 15.3. The van der Waals surface area contributed by atoms with Gasteiger partial charge in [-0.15, -0.1) is 0 Å². The first-order valence-electron chi connectivity index (χ1n) is 8.21. The van der Waals surface area contributed by atoms with Crippen molar-refractivity contribution >= 4 is 0 Å². The normalized spacial score (nSPS) is 30.0. The van der Waals surface area contributed by atoms with Crippen LogP contribution < -0.4 is 0 Å². The van der Waals surface area contributed by atoms with E-state index >= 15 is 0 Å². The van der Waals surface area contributed by atoms with E-state index in [1.54, 1.807) is 0 Å². The van der Waals surface area contributed by atoms with Crippen molar-refractivity contribution in [1.29, 1.82) is 0 Å². The number of rotatable bonds is 3. The molecule has 3 heterocycles. The van der Waals surface area contributed by atoms with Crippen molar-refractivity contribution in [3.63, 3.8) is 0 Å². The van der Waals surface area contributed by atoms with Gasteiger partial charge in [0.15, 0.2) is 0 Å². The summed E-state index contributed by atoms with van der Waals surface area (Å²) in [6.45, 7) is 17.4. The average Bonchev–Trinajstić information content (AvgIpc) is 2.25. The van der Waals surface area contributed by atoms with E-state index in [-0.39, 0.29) is 0 Å². The molecule has 3 rings (SSSR count). The summed E-state index contributed by atoms with van der Waals surface area (Å²) in [6, 6.07) is 2.36. The summed E-state index contributed by atoms with van der Waals surface area (Å²) in [5.41, 5.74) is 0.694. The van der Waals surface area contributed by atoms with Crippen LogP contribution in [0.2, 0.25) is 0 Å². The summed E-state index contributed by atoms with van der Waals surface area (Å²) in [6.07, 6.45) is 2.78. The minimum Gasteiger partial charge on any atom is -0.301 e. The van der Waals surface area contributed by atoms with Gasteiger partial charge in [-0.3, -0.25) is 9.80 Å². The Bertz CT molecular complexity index is 304. The molecule has 0 aromatic rings. The van der Waals surface area contributed by atoms with Crippen molar-refractivity contribution in [2.75, 3.05) is 39.3 Å². The van der Waals surface area contributed by atoms with E-state index in [1.807, 2.05) is 0 Å². The summed E-state index contributed by atoms with van der Waals surface area (Å²) in [5.74, 6) is 0. The van der Waals surface area contributed by atoms with Crippen LogP contribution in [0.1, 0.15) is 40.5 Å². The lowest BCUT2D eigenvalue weighted by atomic mass is 9.71. The van der Waals surface area contributed by atoms with Gasteiger partial charge in [0.05, 0.1) is 0 Å². The Morgan fingerprint density at radius 2 is 1.32 bits per heavy atom. The number of piperidine rings is 1. The molecule has 0 N–H and O–H groups in total. The standard InChI is InChI=1S/C16H31N3/c1-13(2)17-7-5-15(6-8-17)19-11-16(12-19)9-18(10-16)14(3)4/h13-15H,5-12H2,1-4H3. The Balaban J connectivity index is 1.41. The summed E-state index contributed by atoms with van der Waals surface area (Å²) in [4.78, 5) is 8.03. The zero-order valence-corrected chi connectivity index (χ0v) is 13.2. The molecule has 0 bridgehead atoms. The fourth-order valence-corrected chi connectivity index (χ4v) is 4.22. The monoisotopic (exact) mass is 265 g/mol. The van der Waals surface area contributed by atoms with Gasteiger partial charge in [0, 0.05) is 49.7 Å². The van der Waals surface area contributed by atoms with Crippen molar-refractivity contribution in [3.8, 4) is 0 Å². The van der Waals surface area contributed by atoms with Crippen molar-refractivity contribution < 1.29 is 0 Å². The summed E-state index contributed by atoms with van der Waals surface area (Å²) in [5, 5.41) is 0. The Morgan fingerprint density at radius 3 is 1.79 bits per heavy atom. The van der Waals surface area contributed by atoms with E-state index in [9.17, 15) is 0 Å². The predicted molar refractivity (Wildman–Crippen MR) is 80.4 cm³/mol. The van der Waals surface area contributed by atoms with Gasteiger partial charge in [0.2, 0.25) is 0 Å². The SMILES string of the molecule is CC(C)N1CCC(N2CC3(CN(C(C)C)C3)C2)CC1. The Hall–Kier alpha value is -0.120. The number of nitrogens with zero attached hydrogens (tertiary/aromatic N) is 3. The third-order valence-electron chi connectivity index (χ3n) is 5.63. The van der Waals surface area contributed by atoms with Crippen LogP contribution in [0.3, 0.4) is 0 Å². The predicted octanol–water partition coefficient (Wildman–Crippen LogP) is 1.89. The van der Waals surface area contributed by atoms with Gasteiger partial charge in [-0.2, -0.15) is 0 Å². The molecule has 0 saturated carbocycles. The van der Waals surface area contributed by atoms with Crippen LogP contribution in [0.5, 0.6) is 0 Å². The maximum atomic E-state index is 2.77. The van der Waals surface area contributed by atoms with Crippen molar-refractivity contribution in [1.82, 2.24) is 14.7 Å². The lowest BCUT2D eigenvalue weighted by Crippen LogP contribution is -2.74. The largest absolute Gasteiger partial charge is 0.301 e. The molecule has 110 valence electrons. The molecule has 3 nitrogen and oxygen atoms in total. The van der Waals surface area contributed by atoms with E-state index in [4.69, 9.17) is 0 Å². The second-order valence-corrected chi connectivity index (χ2v) is 7.76. The van der Waals surface area contributed by atoms with Gasteiger partial charge in [0.25, 0.3) is 0 Å². The third kappa shape index (κ3) is 2.57. The van der Waals surface area contributed by atoms with Crippen LogP contribution in [0.4, 0.5) is 0 Å². The van der Waals surface area contributed by atoms with Gasteiger partial charge in [-0.05, 0) is 53.6 Å². The highest BCUT2D eigenvalue weighted by Gasteiger charge is 2.53. The zero-order valence-electron chi connectivity index (χ0n) is 13.2. The molecule has 0 unspecified atom stereocenters. The quantitative estimate of drug-likeness (QED) is 0.771. The van der Waals surface area contributed by atoms with E-state index in [1.165, 1.54) is 52.1 Å². The van der Waals surface area contributed by atoms with Gasteiger partial charge in [-0.25, -0.2) is 0 Å². The lowest BCUT2D eigenvalue weighted by molar-refractivity contribution is -0.145. The maximum Gasteiger partial charge on any atom is 0.0212 e. The molecule has 1 spiro atoms. The molecule has 3 aliphatic heterocycles. The molecule has 3 saturated heterocycles. The van der Waals surface area contributed by atoms with Gasteiger partial charge in [0.1, 0.15) is 0 Å². The molecule has 0 amide bonds. The zero-order chi connectivity index (χ0) is 13.6. The topological polar surface area (TPSA) is 9.72 Å². The van der Waals surface area contributed by atoms with Gasteiger partial charge < -0.3 is 4.90 Å². The number of hydrogen-bond donors (Lipinski definition) is 0. The molecular weight excluding hydrogens is 234 g/mol. The molecule has 0 aliphatic carbocycles. The number of likely N-dealkylation sites (tertiary alicyclic amines) is 3. The lowest BCUT2D eigenvalue weighted by Gasteiger charge is -2.63. The van der Waals surface area contributed by atoms with Crippen molar-refractivity contribution in [2.24, 2.45) is 5.41 Å². The second kappa shape index (κ2) is 5.01. The molecule has 0 radical (unpaired) electrons. The summed E-state index contributed by atoms with van der Waals surface area (Å²) < 4.78 is 0. The molecule has 0 atom stereocenters. The highest BCUT2D eigenvalue weighted by molar-refractivity contribution is 5.08. The molecule has 3 aliphatic rings. The van der Waals surface area contributed by atoms with Crippen molar-refractivity contribution in [2.45, 2.75) is 58.7 Å². The highest BCUT2D eigenvalue weighted by Crippen LogP contribution is 2.42. The summed E-state index contributed by atoms with van der Waals surface area (Å²) in [7, 11) is 0. The summed E-state index contributed by atoms with van der Waals surface area (Å²) >= 11 is 0. The van der Waals surface area contributed by atoms with E-state index in [0.717, 1.165) is 18.1 Å². The molecule has 0 aromatic carbocycles. The first kappa shape index (κ1) is 13.8. The minimum absolute atomic E-state index is 0.694. The van der Waals surface area contributed by atoms with E-state index in [0.29, 0.717) is 5.41 Å². The Morgan fingerprint density at radius 1 is 0.789 bits per heavy atom. The first-order valence-corrected chi connectivity index (χ1v) is 8.21. The van der Waals surface area contributed by atoms with Gasteiger partial charge in [-0.1, -0.05) is 0 Å². The minimum atomic E-state index is 0.694. The maximum absolute atomic E-state index is 2.77. The van der Waals surface area contributed by atoms with E-state index in [2.05, 4.69) is 42.4 Å². The third-order valence-corrected chi connectivity index (χ3v) is 5.63. The van der Waals surface area contributed by atoms with Crippen LogP contribution in [0.15, 0.2) is 0 Å². The molecule has 3 fully saturated rings. The van der Waals surface area contributed by atoms with Crippen molar-refractivity contribution in [3.05, 3.63) is 0 Å². The molecule has 0 aromatic heterocycles. The molecular formula is C16H31N3. The van der Waals surface area contributed by atoms with Crippen LogP contribution in [0.25, 0.3) is 0 Å². The first-order chi connectivity index (χ1) is 8.99. The smallest absolute Gasteiger partial charge is 0.0212 e. The van der Waals surface area contributed by atoms with Gasteiger partial charge >= 0.3 is 0 Å². The average molecular weight is 265 g/mol. The van der Waals surface area contributed by atoms with Crippen LogP contribution in [-0.4, -0.2) is 72.1 Å². The fraction of sp³-hybridized carbons (Fsp3) is 1.00. The van der Waals surface area contributed by atoms with Crippen LogP contribution in [-0.2, 0) is 0 Å². The van der Waals surface area contributed by atoms with Crippen LogP contribution >= 0.6 is 0 Å².